The lowest BCUT2D eigenvalue weighted by molar-refractivity contribution is 0.668. The van der Waals surface area contributed by atoms with Crippen LogP contribution in [0.2, 0.25) is 0 Å². The molecule has 5 nitrogen and oxygen atoms in total. The predicted octanol–water partition coefficient (Wildman–Crippen LogP) is 17.2. The van der Waals surface area contributed by atoms with Gasteiger partial charge in [0, 0.05) is 55.3 Å². The van der Waals surface area contributed by atoms with E-state index < -0.39 is 0 Å². The average molecular weight is 893 g/mol. The molecule has 0 amide bonds. The van der Waals surface area contributed by atoms with E-state index in [4.69, 9.17) is 19.4 Å². The number of furan rings is 1. The van der Waals surface area contributed by atoms with Crippen LogP contribution in [0.4, 0.5) is 0 Å². The Hall–Kier alpha value is -9.45. The number of hydrogen-bond donors (Lipinski definition) is 0. The third kappa shape index (κ3) is 6.59. The Balaban J connectivity index is 1.03. The molecule has 5 heteroatoms. The van der Waals surface area contributed by atoms with Crippen LogP contribution in [0.1, 0.15) is 0 Å². The summed E-state index contributed by atoms with van der Waals surface area (Å²) in [5.74, 6) is 1.77. The van der Waals surface area contributed by atoms with Gasteiger partial charge in [0.1, 0.15) is 11.2 Å². The van der Waals surface area contributed by atoms with Crippen LogP contribution in [0.15, 0.2) is 247 Å². The van der Waals surface area contributed by atoms with Gasteiger partial charge >= 0.3 is 0 Å². The Morgan fingerprint density at radius 2 is 0.829 bits per heavy atom. The minimum absolute atomic E-state index is 0.572. The predicted molar refractivity (Wildman–Crippen MR) is 289 cm³/mol. The van der Waals surface area contributed by atoms with Gasteiger partial charge in [-0.25, -0.2) is 15.0 Å². The molecule has 0 radical (unpaired) electrons. The van der Waals surface area contributed by atoms with Crippen molar-refractivity contribution in [3.63, 3.8) is 0 Å². The monoisotopic (exact) mass is 892 g/mol. The first-order valence-corrected chi connectivity index (χ1v) is 23.7. The largest absolute Gasteiger partial charge is 0.456 e. The molecule has 11 aromatic carbocycles. The zero-order valence-corrected chi connectivity index (χ0v) is 37.8. The molecule has 0 fully saturated rings. The van der Waals surface area contributed by atoms with Crippen molar-refractivity contribution in [2.45, 2.75) is 0 Å². The molecule has 3 aromatic heterocycles. The Labute approximate surface area is 403 Å². The fourth-order valence-electron chi connectivity index (χ4n) is 10.4. The molecule has 3 heterocycles. The molecule has 0 atom stereocenters. The topological polar surface area (TPSA) is 56.7 Å². The van der Waals surface area contributed by atoms with Crippen LogP contribution in [0, 0.1) is 0 Å². The molecular formula is C65H40N4O. The maximum absolute atomic E-state index is 7.00. The second kappa shape index (κ2) is 16.1. The molecule has 14 rings (SSSR count). The number of hydrogen-bond acceptors (Lipinski definition) is 4. The summed E-state index contributed by atoms with van der Waals surface area (Å²) >= 11 is 0. The Morgan fingerprint density at radius 3 is 1.50 bits per heavy atom. The van der Waals surface area contributed by atoms with Crippen LogP contribution >= 0.6 is 0 Å². The molecule has 70 heavy (non-hydrogen) atoms. The summed E-state index contributed by atoms with van der Waals surface area (Å²) in [6, 6.07) is 85.9. The maximum atomic E-state index is 7.00. The quantitative estimate of drug-likeness (QED) is 0.160. The van der Waals surface area contributed by atoms with E-state index >= 15 is 0 Å². The summed E-state index contributed by atoms with van der Waals surface area (Å²) in [5, 5.41) is 9.09. The van der Waals surface area contributed by atoms with Gasteiger partial charge in [0.15, 0.2) is 17.5 Å². The van der Waals surface area contributed by atoms with E-state index in [1.54, 1.807) is 0 Å². The van der Waals surface area contributed by atoms with E-state index in [0.717, 1.165) is 83.2 Å². The van der Waals surface area contributed by atoms with Gasteiger partial charge in [-0.05, 0) is 68.2 Å². The van der Waals surface area contributed by atoms with Gasteiger partial charge < -0.3 is 8.98 Å². The van der Waals surface area contributed by atoms with Crippen LogP contribution < -0.4 is 0 Å². The lowest BCUT2D eigenvalue weighted by Crippen LogP contribution is -2.00. The van der Waals surface area contributed by atoms with E-state index in [0.29, 0.717) is 17.5 Å². The van der Waals surface area contributed by atoms with E-state index in [9.17, 15) is 0 Å². The fourth-order valence-corrected chi connectivity index (χ4v) is 10.4. The van der Waals surface area contributed by atoms with Crippen molar-refractivity contribution in [1.82, 2.24) is 19.5 Å². The molecule has 0 N–H and O–H groups in total. The van der Waals surface area contributed by atoms with Crippen molar-refractivity contribution in [1.29, 1.82) is 0 Å². The molecule has 0 aliphatic carbocycles. The first-order valence-electron chi connectivity index (χ1n) is 23.7. The van der Waals surface area contributed by atoms with E-state index in [1.807, 2.05) is 42.5 Å². The first kappa shape index (κ1) is 39.7. The van der Waals surface area contributed by atoms with Crippen molar-refractivity contribution in [2.75, 3.05) is 0 Å². The second-order valence-corrected chi connectivity index (χ2v) is 17.9. The van der Waals surface area contributed by atoms with Gasteiger partial charge in [-0.15, -0.1) is 0 Å². The van der Waals surface area contributed by atoms with E-state index in [2.05, 4.69) is 205 Å². The first-order chi connectivity index (χ1) is 34.7. The fraction of sp³-hybridized carbons (Fsp3) is 0. The zero-order chi connectivity index (χ0) is 46.1. The molecule has 0 aliphatic heterocycles. The normalized spacial score (nSPS) is 11.7. The molecule has 0 saturated heterocycles. The van der Waals surface area contributed by atoms with Gasteiger partial charge in [-0.1, -0.05) is 212 Å². The van der Waals surface area contributed by atoms with Crippen molar-refractivity contribution in [3.05, 3.63) is 243 Å². The molecular weight excluding hydrogens is 853 g/mol. The van der Waals surface area contributed by atoms with Crippen molar-refractivity contribution >= 4 is 65.3 Å². The number of aromatic nitrogens is 4. The molecule has 0 saturated carbocycles. The van der Waals surface area contributed by atoms with Crippen LogP contribution in [0.5, 0.6) is 0 Å². The molecule has 0 bridgehead atoms. The molecule has 0 spiro atoms. The van der Waals surface area contributed by atoms with Gasteiger partial charge in [0.25, 0.3) is 0 Å². The number of fused-ring (bicyclic) bond motifs is 9. The number of rotatable bonds is 7. The van der Waals surface area contributed by atoms with Gasteiger partial charge in [0.2, 0.25) is 0 Å². The summed E-state index contributed by atoms with van der Waals surface area (Å²) in [7, 11) is 0. The highest BCUT2D eigenvalue weighted by molar-refractivity contribution is 6.22. The van der Waals surface area contributed by atoms with E-state index in [1.165, 1.54) is 37.9 Å². The van der Waals surface area contributed by atoms with Gasteiger partial charge in [0.05, 0.1) is 16.7 Å². The van der Waals surface area contributed by atoms with Crippen LogP contribution in [0.3, 0.4) is 0 Å². The van der Waals surface area contributed by atoms with Gasteiger partial charge in [-0.3, -0.25) is 0 Å². The van der Waals surface area contributed by atoms with Crippen molar-refractivity contribution in [3.8, 4) is 73.2 Å². The Morgan fingerprint density at radius 1 is 0.300 bits per heavy atom. The zero-order valence-electron chi connectivity index (χ0n) is 37.8. The Kier molecular flexibility index (Phi) is 9.14. The van der Waals surface area contributed by atoms with Crippen LogP contribution in [0.25, 0.3) is 139 Å². The van der Waals surface area contributed by atoms with Crippen LogP contribution in [-0.2, 0) is 0 Å². The number of nitrogens with zero attached hydrogens (tertiary/aromatic N) is 4. The third-order valence-electron chi connectivity index (χ3n) is 13.8. The lowest BCUT2D eigenvalue weighted by atomic mass is 9.96. The molecule has 326 valence electrons. The van der Waals surface area contributed by atoms with E-state index in [-0.39, 0.29) is 0 Å². The van der Waals surface area contributed by atoms with Crippen LogP contribution in [-0.4, -0.2) is 19.5 Å². The summed E-state index contributed by atoms with van der Waals surface area (Å²) in [4.78, 5) is 15.6. The van der Waals surface area contributed by atoms with Crippen molar-refractivity contribution < 1.29 is 4.42 Å². The van der Waals surface area contributed by atoms with Crippen molar-refractivity contribution in [2.24, 2.45) is 0 Å². The minimum Gasteiger partial charge on any atom is -0.456 e. The lowest BCUT2D eigenvalue weighted by Gasteiger charge is -2.16. The summed E-state index contributed by atoms with van der Waals surface area (Å²) in [6.45, 7) is 0. The van der Waals surface area contributed by atoms with Gasteiger partial charge in [-0.2, -0.15) is 0 Å². The minimum atomic E-state index is 0.572. The highest BCUT2D eigenvalue weighted by Gasteiger charge is 2.24. The highest BCUT2D eigenvalue weighted by Crippen LogP contribution is 2.45. The molecule has 14 aromatic rings. The smallest absolute Gasteiger partial charge is 0.164 e. The maximum Gasteiger partial charge on any atom is 0.164 e. The SMILES string of the molecule is c1ccc(-c2ccc(-c3nc(-c4ccccc4)nc(-c4cccc5oc6cc(-n7c8cc9ccccc9cc8c8ccc9ccccc9c87)c(-c7ccc(-c8ccccc8)cc7)cc6c45)n3)cc2)cc1. The summed E-state index contributed by atoms with van der Waals surface area (Å²) in [6.07, 6.45) is 0. The molecule has 0 unspecified atom stereocenters. The average Bonchev–Trinajstić information content (AvgIpc) is 3.97. The second-order valence-electron chi connectivity index (χ2n) is 17.9. The highest BCUT2D eigenvalue weighted by atomic mass is 16.3. The number of benzene rings is 11. The molecule has 0 aliphatic rings. The third-order valence-corrected chi connectivity index (χ3v) is 13.8. The standard InChI is InChI=1S/C65H40N4O/c1-4-15-41(16-5-1)43-27-31-46(32-28-43)54-39-56-60(40-58(54)69-57-38-50-23-11-10-22-49(50)37-55(57)52-36-35-45-19-12-13-24-51(45)62(52)69)70-59-26-14-25-53(61(56)59)65-67-63(47-20-8-3-9-21-47)66-64(68-65)48-33-29-44(30-34-48)42-17-6-2-7-18-42/h1-40H. The summed E-state index contributed by atoms with van der Waals surface area (Å²) in [5.41, 5.74) is 14.3. The Bertz CT molecular complexity index is 4310. The summed E-state index contributed by atoms with van der Waals surface area (Å²) < 4.78 is 9.48.